The van der Waals surface area contributed by atoms with Gasteiger partial charge in [-0.25, -0.2) is 8.42 Å². The van der Waals surface area contributed by atoms with E-state index in [1.54, 1.807) is 28.6 Å². The maximum atomic E-state index is 12.9. The molecule has 1 heterocycles. The van der Waals surface area contributed by atoms with Crippen LogP contribution in [-0.4, -0.2) is 50.3 Å². The molecule has 2 N–H and O–H groups in total. The van der Waals surface area contributed by atoms with E-state index in [2.05, 4.69) is 11.9 Å². The predicted octanol–water partition coefficient (Wildman–Crippen LogP) is 1.76. The molecule has 5 nitrogen and oxygen atoms in total. The number of nitrogens with two attached hydrogens (primary N) is 1. The van der Waals surface area contributed by atoms with Gasteiger partial charge in [0.2, 0.25) is 10.0 Å². The van der Waals surface area contributed by atoms with E-state index >= 15 is 0 Å². The minimum Gasteiger partial charge on any atom is -0.399 e. The van der Waals surface area contributed by atoms with Crippen molar-refractivity contribution < 1.29 is 8.42 Å². The molecule has 1 aromatic carbocycles. The third-order valence-electron chi connectivity index (χ3n) is 4.03. The van der Waals surface area contributed by atoms with Crippen LogP contribution in [0.1, 0.15) is 26.2 Å². The van der Waals surface area contributed by atoms with Crippen molar-refractivity contribution in [2.75, 3.05) is 32.4 Å². The maximum absolute atomic E-state index is 12.9. The van der Waals surface area contributed by atoms with Crippen LogP contribution in [0.4, 0.5) is 5.69 Å². The number of hydrogen-bond acceptors (Lipinski definition) is 4. The van der Waals surface area contributed by atoms with Gasteiger partial charge in [0, 0.05) is 18.3 Å². The molecule has 0 saturated carbocycles. The zero-order chi connectivity index (χ0) is 15.5. The fraction of sp³-hybridized carbons (Fsp3) is 0.600. The minimum atomic E-state index is -3.44. The molecule has 1 fully saturated rings. The number of hydrogen-bond donors (Lipinski definition) is 1. The smallest absolute Gasteiger partial charge is 0.243 e. The quantitative estimate of drug-likeness (QED) is 0.842. The molecule has 0 unspecified atom stereocenters. The Hall–Kier alpha value is -1.11. The first-order valence-electron chi connectivity index (χ1n) is 7.51. The molecule has 0 atom stereocenters. The Labute approximate surface area is 127 Å². The van der Waals surface area contributed by atoms with Gasteiger partial charge >= 0.3 is 0 Å². The Morgan fingerprint density at radius 3 is 2.33 bits per heavy atom. The lowest BCUT2D eigenvalue weighted by Crippen LogP contribution is -2.46. The highest BCUT2D eigenvalue weighted by atomic mass is 32.2. The van der Waals surface area contributed by atoms with Gasteiger partial charge in [-0.15, -0.1) is 0 Å². The summed E-state index contributed by atoms with van der Waals surface area (Å²) in [5.74, 6) is 0. The summed E-state index contributed by atoms with van der Waals surface area (Å²) in [7, 11) is -1.36. The average molecular weight is 311 g/mol. The number of sulfonamides is 1. The van der Waals surface area contributed by atoms with Crippen LogP contribution in [0.5, 0.6) is 0 Å². The highest BCUT2D eigenvalue weighted by molar-refractivity contribution is 7.89. The van der Waals surface area contributed by atoms with Crippen LogP contribution in [-0.2, 0) is 10.0 Å². The summed E-state index contributed by atoms with van der Waals surface area (Å²) in [5.41, 5.74) is 6.23. The highest BCUT2D eigenvalue weighted by Crippen LogP contribution is 2.24. The van der Waals surface area contributed by atoms with Crippen molar-refractivity contribution in [2.45, 2.75) is 37.1 Å². The van der Waals surface area contributed by atoms with E-state index in [0.717, 1.165) is 32.4 Å². The normalized spacial score (nSPS) is 18.2. The van der Waals surface area contributed by atoms with E-state index < -0.39 is 10.0 Å². The Balaban J connectivity index is 2.25. The largest absolute Gasteiger partial charge is 0.399 e. The molecule has 1 aliphatic heterocycles. The number of benzene rings is 1. The van der Waals surface area contributed by atoms with Crippen molar-refractivity contribution in [1.82, 2.24) is 9.21 Å². The number of nitrogen functional groups attached to an aromatic ring is 1. The molecule has 1 aliphatic rings. The second-order valence-corrected chi connectivity index (χ2v) is 7.61. The van der Waals surface area contributed by atoms with Crippen molar-refractivity contribution in [2.24, 2.45) is 0 Å². The predicted molar refractivity (Wildman–Crippen MR) is 85.6 cm³/mol. The number of likely N-dealkylation sites (tertiary alicyclic amines) is 1. The molecule has 118 valence electrons. The monoisotopic (exact) mass is 311 g/mol. The zero-order valence-electron chi connectivity index (χ0n) is 12.8. The van der Waals surface area contributed by atoms with Crippen LogP contribution in [0, 0.1) is 0 Å². The summed E-state index contributed by atoms with van der Waals surface area (Å²) in [6.07, 6.45) is 2.61. The second kappa shape index (κ2) is 6.77. The number of rotatable bonds is 5. The van der Waals surface area contributed by atoms with Crippen LogP contribution in [0.3, 0.4) is 0 Å². The maximum Gasteiger partial charge on any atom is 0.243 e. The Morgan fingerprint density at radius 1 is 1.24 bits per heavy atom. The summed E-state index contributed by atoms with van der Waals surface area (Å²) in [6.45, 7) is 4.48. The molecule has 6 heteroatoms. The molecule has 0 aliphatic carbocycles. The molecule has 2 rings (SSSR count). The molecule has 0 radical (unpaired) electrons. The minimum absolute atomic E-state index is 0.101. The lowest BCUT2D eigenvalue weighted by atomic mass is 10.1. The van der Waals surface area contributed by atoms with Gasteiger partial charge in [0.1, 0.15) is 0 Å². The van der Waals surface area contributed by atoms with E-state index in [-0.39, 0.29) is 6.04 Å². The standard InChI is InChI=1S/C15H25N3O2S/c1-3-10-18(14-8-11-17(2)12-9-14)21(19,20)15-6-4-13(16)5-7-15/h4-7,14H,3,8-12,16H2,1-2H3. The topological polar surface area (TPSA) is 66.6 Å². The van der Waals surface area contributed by atoms with Crippen molar-refractivity contribution >= 4 is 15.7 Å². The van der Waals surface area contributed by atoms with Gasteiger partial charge in [-0.1, -0.05) is 6.92 Å². The lowest BCUT2D eigenvalue weighted by Gasteiger charge is -2.36. The van der Waals surface area contributed by atoms with E-state index in [0.29, 0.717) is 17.1 Å². The van der Waals surface area contributed by atoms with Gasteiger partial charge in [0.25, 0.3) is 0 Å². The van der Waals surface area contributed by atoms with E-state index in [1.807, 2.05) is 6.92 Å². The Morgan fingerprint density at radius 2 is 1.81 bits per heavy atom. The van der Waals surface area contributed by atoms with Gasteiger partial charge in [-0.05, 0) is 63.7 Å². The lowest BCUT2D eigenvalue weighted by molar-refractivity contribution is 0.182. The number of piperidine rings is 1. The average Bonchev–Trinajstić information content (AvgIpc) is 2.46. The van der Waals surface area contributed by atoms with Gasteiger partial charge in [-0.3, -0.25) is 0 Å². The first-order chi connectivity index (χ1) is 9.95. The van der Waals surface area contributed by atoms with Crippen LogP contribution < -0.4 is 5.73 Å². The second-order valence-electron chi connectivity index (χ2n) is 5.72. The molecule has 1 aromatic rings. The molecule has 0 spiro atoms. The van der Waals surface area contributed by atoms with E-state index in [1.165, 1.54) is 0 Å². The molecule has 21 heavy (non-hydrogen) atoms. The summed E-state index contributed by atoms with van der Waals surface area (Å²) < 4.78 is 27.5. The number of nitrogens with zero attached hydrogens (tertiary/aromatic N) is 2. The third kappa shape index (κ3) is 3.75. The summed E-state index contributed by atoms with van der Waals surface area (Å²) in [5, 5.41) is 0. The van der Waals surface area contributed by atoms with Crippen molar-refractivity contribution in [3.8, 4) is 0 Å². The van der Waals surface area contributed by atoms with Crippen molar-refractivity contribution in [1.29, 1.82) is 0 Å². The molecule has 1 saturated heterocycles. The molecule has 0 aromatic heterocycles. The van der Waals surface area contributed by atoms with Crippen molar-refractivity contribution in [3.63, 3.8) is 0 Å². The molecular weight excluding hydrogens is 286 g/mol. The van der Waals surface area contributed by atoms with Crippen LogP contribution in [0.2, 0.25) is 0 Å². The highest BCUT2D eigenvalue weighted by Gasteiger charge is 2.32. The summed E-state index contributed by atoms with van der Waals surface area (Å²) >= 11 is 0. The van der Waals surface area contributed by atoms with E-state index in [4.69, 9.17) is 5.73 Å². The van der Waals surface area contributed by atoms with Gasteiger partial charge in [0.15, 0.2) is 0 Å². The van der Waals surface area contributed by atoms with Gasteiger partial charge < -0.3 is 10.6 Å². The van der Waals surface area contributed by atoms with Crippen molar-refractivity contribution in [3.05, 3.63) is 24.3 Å². The summed E-state index contributed by atoms with van der Waals surface area (Å²) in [6, 6.07) is 6.59. The van der Waals surface area contributed by atoms with E-state index in [9.17, 15) is 8.42 Å². The summed E-state index contributed by atoms with van der Waals surface area (Å²) in [4.78, 5) is 2.58. The van der Waals surface area contributed by atoms with Crippen LogP contribution in [0.15, 0.2) is 29.2 Å². The third-order valence-corrected chi connectivity index (χ3v) is 5.99. The Bertz CT molecular complexity index is 549. The molecule has 0 bridgehead atoms. The molecular formula is C15H25N3O2S. The van der Waals surface area contributed by atoms with Crippen LogP contribution in [0.25, 0.3) is 0 Å². The first kappa shape index (κ1) is 16.3. The molecule has 0 amide bonds. The van der Waals surface area contributed by atoms with Crippen LogP contribution >= 0.6 is 0 Å². The zero-order valence-corrected chi connectivity index (χ0v) is 13.6. The SMILES string of the molecule is CCCN(C1CCN(C)CC1)S(=O)(=O)c1ccc(N)cc1. The fourth-order valence-electron chi connectivity index (χ4n) is 2.78. The first-order valence-corrected chi connectivity index (χ1v) is 8.95. The van der Waals surface area contributed by atoms with Gasteiger partial charge in [0.05, 0.1) is 4.90 Å². The fourth-order valence-corrected chi connectivity index (χ4v) is 4.55. The number of anilines is 1. The Kier molecular flexibility index (Phi) is 5.24. The van der Waals surface area contributed by atoms with Gasteiger partial charge in [-0.2, -0.15) is 4.31 Å².